The van der Waals surface area contributed by atoms with Crippen molar-refractivity contribution < 1.29 is 18.0 Å². The highest BCUT2D eigenvalue weighted by Gasteiger charge is 2.34. The fourth-order valence-electron chi connectivity index (χ4n) is 4.13. The number of carbonyl (C=O) groups excluding carboxylic acids is 1. The Bertz CT molecular complexity index is 1090. The van der Waals surface area contributed by atoms with Gasteiger partial charge in [0, 0.05) is 18.2 Å². The lowest BCUT2D eigenvalue weighted by Crippen LogP contribution is -2.30. The van der Waals surface area contributed by atoms with Gasteiger partial charge in [-0.3, -0.25) is 4.79 Å². The molecule has 1 atom stereocenters. The molecule has 2 fully saturated rings. The maximum absolute atomic E-state index is 13.7. The van der Waals surface area contributed by atoms with Gasteiger partial charge in [-0.2, -0.15) is 5.10 Å². The van der Waals surface area contributed by atoms with Crippen molar-refractivity contribution in [1.29, 1.82) is 0 Å². The number of hydrogen-bond donors (Lipinski definition) is 0. The first-order chi connectivity index (χ1) is 14.0. The van der Waals surface area contributed by atoms with Crippen LogP contribution >= 0.6 is 0 Å². The van der Waals surface area contributed by atoms with Crippen molar-refractivity contribution in [1.82, 2.24) is 19.5 Å². The third kappa shape index (κ3) is 3.16. The van der Waals surface area contributed by atoms with E-state index in [1.54, 1.807) is 17.0 Å². The molecular formula is C21H19F3N4O. The van der Waals surface area contributed by atoms with E-state index in [1.165, 1.54) is 24.4 Å². The third-order valence-corrected chi connectivity index (χ3v) is 5.72. The predicted molar refractivity (Wildman–Crippen MR) is 99.3 cm³/mol. The molecule has 1 aromatic carbocycles. The second-order valence-corrected chi connectivity index (χ2v) is 7.69. The minimum atomic E-state index is -2.72. The highest BCUT2D eigenvalue weighted by molar-refractivity contribution is 6.00. The maximum atomic E-state index is 13.7. The zero-order valence-electron chi connectivity index (χ0n) is 15.6. The Kier molecular flexibility index (Phi) is 4.29. The van der Waals surface area contributed by atoms with Crippen LogP contribution in [0.2, 0.25) is 0 Å². The van der Waals surface area contributed by atoms with Gasteiger partial charge in [0.1, 0.15) is 17.1 Å². The van der Waals surface area contributed by atoms with E-state index in [0.717, 1.165) is 35.8 Å². The van der Waals surface area contributed by atoms with Crippen LogP contribution in [-0.2, 0) is 0 Å². The summed E-state index contributed by atoms with van der Waals surface area (Å²) in [6.45, 7) is 0.515. The predicted octanol–water partition coefficient (Wildman–Crippen LogP) is 4.66. The summed E-state index contributed by atoms with van der Waals surface area (Å²) >= 11 is 0. The molecular weight excluding hydrogens is 381 g/mol. The number of alkyl halides is 2. The van der Waals surface area contributed by atoms with Crippen LogP contribution < -0.4 is 0 Å². The van der Waals surface area contributed by atoms with E-state index in [1.807, 2.05) is 0 Å². The van der Waals surface area contributed by atoms with Gasteiger partial charge in [0.15, 0.2) is 5.65 Å². The number of nitrogens with zero attached hydrogens (tertiary/aromatic N) is 4. The van der Waals surface area contributed by atoms with Crippen molar-refractivity contribution in [3.63, 3.8) is 0 Å². The Morgan fingerprint density at radius 3 is 2.72 bits per heavy atom. The normalized spacial score (nSPS) is 19.4. The molecule has 0 bridgehead atoms. The number of hydrogen-bond acceptors (Lipinski definition) is 3. The number of rotatable bonds is 4. The highest BCUT2D eigenvalue weighted by atomic mass is 19.3. The molecule has 3 aromatic rings. The maximum Gasteiger partial charge on any atom is 0.280 e. The first-order valence-corrected chi connectivity index (χ1v) is 9.76. The van der Waals surface area contributed by atoms with Gasteiger partial charge in [0.2, 0.25) is 0 Å². The summed E-state index contributed by atoms with van der Waals surface area (Å²) in [6.07, 6.45) is 1.93. The number of carbonyl (C=O) groups is 1. The van der Waals surface area contributed by atoms with Gasteiger partial charge in [0.25, 0.3) is 12.3 Å². The van der Waals surface area contributed by atoms with E-state index >= 15 is 0 Å². The molecule has 1 aliphatic heterocycles. The Morgan fingerprint density at radius 1 is 1.17 bits per heavy atom. The second-order valence-electron chi connectivity index (χ2n) is 7.69. The SMILES string of the molecule is O=C(c1cnn2c(C(F)F)cc(C3CC3)nc12)N1CCCC1c1cccc(F)c1. The molecule has 1 unspecified atom stereocenters. The fraction of sp³-hybridized carbons (Fsp3) is 0.381. The zero-order valence-corrected chi connectivity index (χ0v) is 15.6. The van der Waals surface area contributed by atoms with Crippen molar-refractivity contribution in [2.75, 3.05) is 6.54 Å². The van der Waals surface area contributed by atoms with Crippen molar-refractivity contribution in [2.45, 2.75) is 44.1 Å². The van der Waals surface area contributed by atoms with Gasteiger partial charge in [-0.1, -0.05) is 12.1 Å². The van der Waals surface area contributed by atoms with Crippen LogP contribution in [0.3, 0.4) is 0 Å². The Balaban J connectivity index is 1.55. The minimum absolute atomic E-state index is 0.166. The van der Waals surface area contributed by atoms with Crippen LogP contribution in [-0.4, -0.2) is 31.9 Å². The summed E-state index contributed by atoms with van der Waals surface area (Å²) in [5.74, 6) is -0.496. The number of halogens is 3. The average Bonchev–Trinajstić information content (AvgIpc) is 3.28. The molecule has 1 saturated carbocycles. The number of fused-ring (bicyclic) bond motifs is 1. The number of benzene rings is 1. The van der Waals surface area contributed by atoms with E-state index in [2.05, 4.69) is 10.1 Å². The summed E-state index contributed by atoms with van der Waals surface area (Å²) < 4.78 is 41.9. The number of aromatic nitrogens is 3. The summed E-state index contributed by atoms with van der Waals surface area (Å²) in [5.41, 5.74) is 1.44. The third-order valence-electron chi connectivity index (χ3n) is 5.72. The Morgan fingerprint density at radius 2 is 2.00 bits per heavy atom. The number of likely N-dealkylation sites (tertiary alicyclic amines) is 1. The quantitative estimate of drug-likeness (QED) is 0.640. The second kappa shape index (κ2) is 6.86. The monoisotopic (exact) mass is 400 g/mol. The molecule has 0 N–H and O–H groups in total. The molecule has 0 radical (unpaired) electrons. The first-order valence-electron chi connectivity index (χ1n) is 9.76. The smallest absolute Gasteiger partial charge is 0.280 e. The van der Waals surface area contributed by atoms with Crippen molar-refractivity contribution in [3.8, 4) is 0 Å². The van der Waals surface area contributed by atoms with Crippen LogP contribution in [0.15, 0.2) is 36.5 Å². The topological polar surface area (TPSA) is 50.5 Å². The molecule has 2 aliphatic rings. The van der Waals surface area contributed by atoms with Crippen LogP contribution in [0.1, 0.15) is 71.4 Å². The molecule has 1 saturated heterocycles. The van der Waals surface area contributed by atoms with Gasteiger partial charge in [0.05, 0.1) is 12.2 Å². The van der Waals surface area contributed by atoms with E-state index in [0.29, 0.717) is 12.2 Å². The van der Waals surface area contributed by atoms with E-state index < -0.39 is 6.43 Å². The molecule has 0 spiro atoms. The van der Waals surface area contributed by atoms with E-state index in [4.69, 9.17) is 0 Å². The Hall–Kier alpha value is -2.90. The van der Waals surface area contributed by atoms with Crippen LogP contribution in [0.5, 0.6) is 0 Å². The van der Waals surface area contributed by atoms with Crippen molar-refractivity contribution in [3.05, 3.63) is 64.9 Å². The summed E-state index contributed by atoms with van der Waals surface area (Å²) in [7, 11) is 0. The lowest BCUT2D eigenvalue weighted by molar-refractivity contribution is 0.0737. The van der Waals surface area contributed by atoms with E-state index in [-0.39, 0.29) is 40.6 Å². The van der Waals surface area contributed by atoms with Crippen molar-refractivity contribution in [2.24, 2.45) is 0 Å². The van der Waals surface area contributed by atoms with Crippen LogP contribution in [0, 0.1) is 5.82 Å². The molecule has 8 heteroatoms. The molecule has 29 heavy (non-hydrogen) atoms. The molecule has 3 heterocycles. The molecule has 1 amide bonds. The van der Waals surface area contributed by atoms with Gasteiger partial charge in [-0.15, -0.1) is 0 Å². The summed E-state index contributed by atoms with van der Waals surface area (Å²) in [6, 6.07) is 7.36. The van der Waals surface area contributed by atoms with Crippen LogP contribution in [0.25, 0.3) is 5.65 Å². The molecule has 5 nitrogen and oxygen atoms in total. The summed E-state index contributed by atoms with van der Waals surface area (Å²) in [5, 5.41) is 4.03. The van der Waals surface area contributed by atoms with E-state index in [9.17, 15) is 18.0 Å². The lowest BCUT2D eigenvalue weighted by Gasteiger charge is -2.24. The summed E-state index contributed by atoms with van der Waals surface area (Å²) in [4.78, 5) is 19.5. The largest absolute Gasteiger partial charge is 0.331 e. The number of amides is 1. The fourth-order valence-corrected chi connectivity index (χ4v) is 4.13. The minimum Gasteiger partial charge on any atom is -0.331 e. The van der Waals surface area contributed by atoms with Gasteiger partial charge >= 0.3 is 0 Å². The highest BCUT2D eigenvalue weighted by Crippen LogP contribution is 2.40. The molecule has 1 aliphatic carbocycles. The Labute approximate surface area is 165 Å². The standard InChI is InChI=1S/C21H19F3N4O/c22-14-4-1-3-13(9-14)17-5-2-8-27(17)21(29)15-11-25-28-18(19(23)24)10-16(12-6-7-12)26-20(15)28/h1,3-4,9-12,17,19H,2,5-8H2. The molecule has 150 valence electrons. The van der Waals surface area contributed by atoms with Gasteiger partial charge in [-0.25, -0.2) is 22.7 Å². The van der Waals surface area contributed by atoms with Gasteiger partial charge in [-0.05, 0) is 49.4 Å². The first kappa shape index (κ1) is 18.1. The van der Waals surface area contributed by atoms with Gasteiger partial charge < -0.3 is 4.90 Å². The lowest BCUT2D eigenvalue weighted by atomic mass is 10.0. The zero-order chi connectivity index (χ0) is 20.1. The van der Waals surface area contributed by atoms with Crippen LogP contribution in [0.4, 0.5) is 13.2 Å². The van der Waals surface area contributed by atoms with Crippen molar-refractivity contribution >= 4 is 11.6 Å². The average molecular weight is 400 g/mol. The molecule has 2 aromatic heterocycles. The molecule has 5 rings (SSSR count).